The van der Waals surface area contributed by atoms with E-state index in [0.717, 1.165) is 46.3 Å². The van der Waals surface area contributed by atoms with E-state index in [0.29, 0.717) is 30.4 Å². The SMILES string of the molecule is Cc1cccc2cc(-c3nc(C4CCN(C(=O)c5ccsc5)CC4)n4ccnc(N)c34)oc12. The summed E-state index contributed by atoms with van der Waals surface area (Å²) in [6.07, 6.45) is 5.30. The van der Waals surface area contributed by atoms with Gasteiger partial charge in [0.2, 0.25) is 0 Å². The molecule has 2 N–H and O–H groups in total. The van der Waals surface area contributed by atoms with Gasteiger partial charge in [-0.15, -0.1) is 0 Å². The van der Waals surface area contributed by atoms with E-state index in [2.05, 4.69) is 4.98 Å². The van der Waals surface area contributed by atoms with Crippen molar-refractivity contribution < 1.29 is 9.21 Å². The number of likely N-dealkylation sites (tertiary alicyclic amines) is 1. The minimum atomic E-state index is 0.106. The number of nitrogens with two attached hydrogens (primary N) is 1. The third kappa shape index (κ3) is 3.29. The second kappa shape index (κ2) is 7.74. The summed E-state index contributed by atoms with van der Waals surface area (Å²) in [6.45, 7) is 3.44. The van der Waals surface area contributed by atoms with E-state index < -0.39 is 0 Å². The summed E-state index contributed by atoms with van der Waals surface area (Å²) in [5, 5.41) is 4.89. The number of hydrogen-bond acceptors (Lipinski definition) is 6. The lowest BCUT2D eigenvalue weighted by Crippen LogP contribution is -2.38. The van der Waals surface area contributed by atoms with Crippen LogP contribution in [0.5, 0.6) is 0 Å². The number of furan rings is 1. The Balaban J connectivity index is 1.36. The molecule has 0 saturated carbocycles. The number of benzene rings is 1. The fourth-order valence-electron chi connectivity index (χ4n) is 4.78. The first-order valence-electron chi connectivity index (χ1n) is 11.0. The highest BCUT2D eigenvalue weighted by atomic mass is 32.1. The number of rotatable bonds is 3. The lowest BCUT2D eigenvalue weighted by molar-refractivity contribution is 0.0711. The van der Waals surface area contributed by atoms with E-state index >= 15 is 0 Å². The number of hydrogen-bond donors (Lipinski definition) is 1. The Bertz CT molecular complexity index is 1480. The summed E-state index contributed by atoms with van der Waals surface area (Å²) in [7, 11) is 0. The van der Waals surface area contributed by atoms with Gasteiger partial charge in [0.1, 0.15) is 28.4 Å². The van der Waals surface area contributed by atoms with Crippen LogP contribution in [0, 0.1) is 6.92 Å². The molecule has 1 amide bonds. The number of amides is 1. The predicted octanol–water partition coefficient (Wildman–Crippen LogP) is 5.11. The Morgan fingerprint density at radius 1 is 1.24 bits per heavy atom. The Kier molecular flexibility index (Phi) is 4.69. The van der Waals surface area contributed by atoms with E-state index in [-0.39, 0.29) is 11.8 Å². The van der Waals surface area contributed by atoms with Crippen molar-refractivity contribution in [2.75, 3.05) is 18.8 Å². The molecule has 166 valence electrons. The van der Waals surface area contributed by atoms with Gasteiger partial charge in [0.15, 0.2) is 5.76 Å². The first-order chi connectivity index (χ1) is 16.1. The van der Waals surface area contributed by atoms with Crippen LogP contribution in [-0.2, 0) is 0 Å². The van der Waals surface area contributed by atoms with Crippen LogP contribution in [0.4, 0.5) is 5.82 Å². The Morgan fingerprint density at radius 2 is 2.09 bits per heavy atom. The molecule has 4 aromatic heterocycles. The second-order valence-corrected chi connectivity index (χ2v) is 9.31. The van der Waals surface area contributed by atoms with Crippen molar-refractivity contribution in [1.82, 2.24) is 19.3 Å². The van der Waals surface area contributed by atoms with E-state index in [1.165, 1.54) is 0 Å². The first kappa shape index (κ1) is 20.0. The largest absolute Gasteiger partial charge is 0.454 e. The fourth-order valence-corrected chi connectivity index (χ4v) is 5.41. The van der Waals surface area contributed by atoms with Crippen LogP contribution in [0.3, 0.4) is 0 Å². The number of aryl methyl sites for hydroxylation is 1. The fraction of sp³-hybridized carbons (Fsp3) is 0.240. The Morgan fingerprint density at radius 3 is 2.85 bits per heavy atom. The summed E-state index contributed by atoms with van der Waals surface area (Å²) >= 11 is 1.55. The third-order valence-corrected chi connectivity index (χ3v) is 7.18. The molecule has 7 nitrogen and oxygen atoms in total. The van der Waals surface area contributed by atoms with Crippen LogP contribution in [0.2, 0.25) is 0 Å². The highest BCUT2D eigenvalue weighted by Gasteiger charge is 2.29. The summed E-state index contributed by atoms with van der Waals surface area (Å²) in [5.41, 5.74) is 10.5. The molecular weight excluding hydrogens is 434 g/mol. The number of piperidine rings is 1. The molecule has 0 bridgehead atoms. The van der Waals surface area contributed by atoms with Crippen LogP contribution in [0.1, 0.15) is 40.5 Å². The number of fused-ring (bicyclic) bond motifs is 2. The zero-order valence-electron chi connectivity index (χ0n) is 18.2. The van der Waals surface area contributed by atoms with E-state index in [1.54, 1.807) is 17.5 Å². The Labute approximate surface area is 194 Å². The lowest BCUT2D eigenvalue weighted by atomic mass is 9.95. The van der Waals surface area contributed by atoms with Crippen LogP contribution in [-0.4, -0.2) is 38.3 Å². The van der Waals surface area contributed by atoms with Gasteiger partial charge in [-0.1, -0.05) is 18.2 Å². The van der Waals surface area contributed by atoms with Crippen molar-refractivity contribution in [2.45, 2.75) is 25.7 Å². The van der Waals surface area contributed by atoms with Gasteiger partial charge in [-0.25, -0.2) is 9.97 Å². The van der Waals surface area contributed by atoms with Gasteiger partial charge in [-0.3, -0.25) is 9.20 Å². The maximum Gasteiger partial charge on any atom is 0.254 e. The molecule has 8 heteroatoms. The molecule has 0 atom stereocenters. The van der Waals surface area contributed by atoms with Gasteiger partial charge >= 0.3 is 0 Å². The maximum atomic E-state index is 12.7. The van der Waals surface area contributed by atoms with Crippen molar-refractivity contribution in [3.05, 3.63) is 70.4 Å². The monoisotopic (exact) mass is 457 g/mol. The molecule has 0 aliphatic carbocycles. The van der Waals surface area contributed by atoms with Crippen LogP contribution in [0.15, 0.2) is 57.9 Å². The average Bonchev–Trinajstić information content (AvgIpc) is 3.58. The minimum absolute atomic E-state index is 0.106. The molecule has 0 radical (unpaired) electrons. The Hall–Kier alpha value is -3.65. The number of anilines is 1. The predicted molar refractivity (Wildman–Crippen MR) is 130 cm³/mol. The number of para-hydroxylation sites is 1. The van der Waals surface area contributed by atoms with Crippen molar-refractivity contribution >= 4 is 39.5 Å². The molecule has 5 aromatic rings. The van der Waals surface area contributed by atoms with Gasteiger partial charge in [0.05, 0.1) is 5.56 Å². The molecule has 5 heterocycles. The van der Waals surface area contributed by atoms with Gasteiger partial charge in [0.25, 0.3) is 5.91 Å². The van der Waals surface area contributed by atoms with Crippen molar-refractivity contribution in [2.24, 2.45) is 0 Å². The number of nitrogens with zero attached hydrogens (tertiary/aromatic N) is 4. The van der Waals surface area contributed by atoms with E-state index in [1.807, 2.05) is 63.5 Å². The maximum absolute atomic E-state index is 12.7. The summed E-state index contributed by atoms with van der Waals surface area (Å²) in [4.78, 5) is 24.0. The summed E-state index contributed by atoms with van der Waals surface area (Å²) < 4.78 is 8.27. The van der Waals surface area contributed by atoms with Crippen molar-refractivity contribution in [1.29, 1.82) is 0 Å². The minimum Gasteiger partial charge on any atom is -0.454 e. The van der Waals surface area contributed by atoms with Crippen molar-refractivity contribution in [3.8, 4) is 11.5 Å². The molecule has 1 aliphatic heterocycles. The molecule has 0 spiro atoms. The summed E-state index contributed by atoms with van der Waals surface area (Å²) in [6, 6.07) is 10.00. The lowest BCUT2D eigenvalue weighted by Gasteiger charge is -2.31. The normalized spacial score (nSPS) is 15.0. The molecule has 1 fully saturated rings. The number of carbonyl (C=O) groups excluding carboxylic acids is 1. The molecular formula is C25H23N5O2S. The molecule has 1 aromatic carbocycles. The summed E-state index contributed by atoms with van der Waals surface area (Å²) in [5.74, 6) is 2.37. The smallest absolute Gasteiger partial charge is 0.254 e. The van der Waals surface area contributed by atoms with E-state index in [9.17, 15) is 4.79 Å². The van der Waals surface area contributed by atoms with Gasteiger partial charge < -0.3 is 15.1 Å². The third-order valence-electron chi connectivity index (χ3n) is 6.50. The average molecular weight is 458 g/mol. The van der Waals surface area contributed by atoms with E-state index in [4.69, 9.17) is 15.1 Å². The standard InChI is InChI=1S/C25H23N5O2S/c1-15-3-2-4-17-13-19(32-22(15)17)20-21-23(26)27-8-11-30(21)24(28-20)16-5-9-29(10-6-16)25(31)18-7-12-33-14-18/h2-4,7-8,11-14,16H,5-6,9-10H2,1H3,(H2,26,27). The number of aromatic nitrogens is 3. The van der Waals surface area contributed by atoms with Crippen LogP contribution in [0.25, 0.3) is 27.9 Å². The topological polar surface area (TPSA) is 89.7 Å². The number of carbonyl (C=O) groups is 1. The quantitative estimate of drug-likeness (QED) is 0.406. The highest BCUT2D eigenvalue weighted by Crippen LogP contribution is 2.37. The van der Waals surface area contributed by atoms with Crippen LogP contribution < -0.4 is 5.73 Å². The first-order valence-corrected chi connectivity index (χ1v) is 12.0. The van der Waals surface area contributed by atoms with Crippen LogP contribution >= 0.6 is 11.3 Å². The zero-order valence-corrected chi connectivity index (χ0v) is 19.0. The van der Waals surface area contributed by atoms with Gasteiger partial charge in [-0.2, -0.15) is 11.3 Å². The van der Waals surface area contributed by atoms with Gasteiger partial charge in [-0.05, 0) is 42.8 Å². The molecule has 1 aliphatic rings. The molecule has 6 rings (SSSR count). The number of thiophene rings is 1. The molecule has 0 unspecified atom stereocenters. The number of imidazole rings is 1. The molecule has 33 heavy (non-hydrogen) atoms. The second-order valence-electron chi connectivity index (χ2n) is 8.53. The van der Waals surface area contributed by atoms with Crippen molar-refractivity contribution in [3.63, 3.8) is 0 Å². The number of nitrogen functional groups attached to an aromatic ring is 1. The molecule has 1 saturated heterocycles. The highest BCUT2D eigenvalue weighted by molar-refractivity contribution is 7.08. The van der Waals surface area contributed by atoms with Gasteiger partial charge in [0, 0.05) is 42.2 Å². The zero-order chi connectivity index (χ0) is 22.5.